The molecule has 0 nitrogen and oxygen atoms in total. The van der Waals surface area contributed by atoms with Crippen molar-refractivity contribution < 1.29 is 17.6 Å². The van der Waals surface area contributed by atoms with Gasteiger partial charge < -0.3 is 0 Å². The number of hydrogen-bond acceptors (Lipinski definition) is 2. The van der Waals surface area contributed by atoms with Crippen molar-refractivity contribution in [3.05, 3.63) is 41.4 Å². The van der Waals surface area contributed by atoms with Gasteiger partial charge in [0.1, 0.15) is 10.7 Å². The van der Waals surface area contributed by atoms with Crippen LogP contribution in [0.3, 0.4) is 0 Å². The number of rotatable bonds is 2. The Kier molecular flexibility index (Phi) is 4.16. The first-order chi connectivity index (χ1) is 8.71. The van der Waals surface area contributed by atoms with Crippen molar-refractivity contribution >= 4 is 45.9 Å². The summed E-state index contributed by atoms with van der Waals surface area (Å²) < 4.78 is 51.9. The Hall–Kier alpha value is -0.300. The van der Waals surface area contributed by atoms with Gasteiger partial charge >= 0.3 is 6.18 Å². The van der Waals surface area contributed by atoms with Crippen molar-refractivity contribution in [2.24, 2.45) is 0 Å². The molecule has 0 fully saturated rings. The number of alkyl halides is 3. The maximum Gasteiger partial charge on any atom is 0.425 e. The quantitative estimate of drug-likeness (QED) is 0.569. The first kappa shape index (κ1) is 15.1. The van der Waals surface area contributed by atoms with Gasteiger partial charge in [-0.2, -0.15) is 13.2 Å². The molecule has 0 atom stereocenters. The number of thiophene rings is 2. The van der Waals surface area contributed by atoms with Crippen molar-refractivity contribution in [1.29, 1.82) is 0 Å². The summed E-state index contributed by atoms with van der Waals surface area (Å²) in [6.07, 6.45) is -4.48. The van der Waals surface area contributed by atoms with Crippen LogP contribution in [0.15, 0.2) is 5.38 Å². The minimum atomic E-state index is -4.45. The van der Waals surface area contributed by atoms with E-state index in [0.29, 0.717) is 11.3 Å². The Balaban J connectivity index is 2.43. The normalized spacial score (nSPS) is 12.2. The van der Waals surface area contributed by atoms with E-state index < -0.39 is 16.9 Å². The van der Waals surface area contributed by atoms with Crippen LogP contribution in [-0.4, -0.2) is 0 Å². The van der Waals surface area contributed by atoms with Crippen LogP contribution in [0, 0.1) is 12.7 Å². The lowest BCUT2D eigenvalue weighted by atomic mass is 10.2. The largest absolute Gasteiger partial charge is 0.425 e. The fourth-order valence-corrected chi connectivity index (χ4v) is 3.95. The van der Waals surface area contributed by atoms with Crippen LogP contribution in [0.5, 0.6) is 0 Å². The summed E-state index contributed by atoms with van der Waals surface area (Å²) in [6.45, 7) is 1.30. The summed E-state index contributed by atoms with van der Waals surface area (Å²) >= 11 is 13.2. The predicted molar refractivity (Wildman–Crippen MR) is 71.2 cm³/mol. The van der Waals surface area contributed by atoms with E-state index in [1.54, 1.807) is 0 Å². The number of hydrogen-bond donors (Lipinski definition) is 0. The molecule has 0 bridgehead atoms. The molecule has 0 amide bonds. The van der Waals surface area contributed by atoms with E-state index in [0.717, 1.165) is 11.3 Å². The average Bonchev–Trinajstić information content (AvgIpc) is 2.76. The SMILES string of the molecule is Cc1c(C(F)(F)F)sc(Cc2c(F)csc2Cl)c1Cl. The van der Waals surface area contributed by atoms with Crippen LogP contribution in [-0.2, 0) is 12.6 Å². The van der Waals surface area contributed by atoms with Gasteiger partial charge in [-0.05, 0) is 12.5 Å². The summed E-state index contributed by atoms with van der Waals surface area (Å²) in [5, 5.41) is 1.25. The fourth-order valence-electron chi connectivity index (χ4n) is 1.59. The third kappa shape index (κ3) is 2.91. The Morgan fingerprint density at radius 3 is 2.32 bits per heavy atom. The van der Waals surface area contributed by atoms with Gasteiger partial charge in [-0.3, -0.25) is 0 Å². The first-order valence-corrected chi connectivity index (χ1v) is 7.43. The van der Waals surface area contributed by atoms with E-state index in [4.69, 9.17) is 23.2 Å². The molecule has 0 aliphatic carbocycles. The van der Waals surface area contributed by atoms with Gasteiger partial charge in [0.2, 0.25) is 0 Å². The zero-order valence-corrected chi connectivity index (χ0v) is 12.5. The Morgan fingerprint density at radius 1 is 1.26 bits per heavy atom. The molecule has 2 aromatic heterocycles. The Morgan fingerprint density at radius 2 is 1.89 bits per heavy atom. The van der Waals surface area contributed by atoms with Gasteiger partial charge in [0.15, 0.2) is 0 Å². The molecular weight excluding hydrogens is 343 g/mol. The Bertz CT molecular complexity index is 593. The molecule has 2 aromatic rings. The monoisotopic (exact) mass is 348 g/mol. The minimum Gasteiger partial charge on any atom is -0.206 e. The molecule has 0 unspecified atom stereocenters. The lowest BCUT2D eigenvalue weighted by Crippen LogP contribution is -2.03. The van der Waals surface area contributed by atoms with E-state index in [1.165, 1.54) is 12.3 Å². The average molecular weight is 349 g/mol. The maximum absolute atomic E-state index is 13.4. The molecule has 0 N–H and O–H groups in total. The molecule has 0 saturated carbocycles. The molecule has 0 aliphatic rings. The molecule has 0 saturated heterocycles. The smallest absolute Gasteiger partial charge is 0.206 e. The van der Waals surface area contributed by atoms with Gasteiger partial charge in [-0.1, -0.05) is 23.2 Å². The highest BCUT2D eigenvalue weighted by Gasteiger charge is 2.36. The van der Waals surface area contributed by atoms with Crippen molar-refractivity contribution in [1.82, 2.24) is 0 Å². The molecule has 8 heteroatoms. The summed E-state index contributed by atoms with van der Waals surface area (Å²) in [6, 6.07) is 0. The van der Waals surface area contributed by atoms with Crippen LogP contribution in [0.1, 0.15) is 20.9 Å². The lowest BCUT2D eigenvalue weighted by Gasteiger charge is -2.03. The highest BCUT2D eigenvalue weighted by atomic mass is 35.5. The minimum absolute atomic E-state index is 0.0268. The zero-order valence-electron chi connectivity index (χ0n) is 9.37. The third-order valence-corrected chi connectivity index (χ3v) is 5.76. The van der Waals surface area contributed by atoms with E-state index in [2.05, 4.69) is 0 Å². The second-order valence-electron chi connectivity index (χ2n) is 3.80. The van der Waals surface area contributed by atoms with Crippen LogP contribution in [0.2, 0.25) is 9.36 Å². The van der Waals surface area contributed by atoms with E-state index in [9.17, 15) is 17.6 Å². The molecule has 19 heavy (non-hydrogen) atoms. The van der Waals surface area contributed by atoms with Gasteiger partial charge in [0.05, 0.1) is 9.36 Å². The molecule has 104 valence electrons. The highest BCUT2D eigenvalue weighted by molar-refractivity contribution is 7.14. The van der Waals surface area contributed by atoms with Crippen molar-refractivity contribution in [2.75, 3.05) is 0 Å². The van der Waals surface area contributed by atoms with Crippen LogP contribution >= 0.6 is 45.9 Å². The lowest BCUT2D eigenvalue weighted by molar-refractivity contribution is -0.134. The van der Waals surface area contributed by atoms with Crippen LogP contribution < -0.4 is 0 Å². The Labute approximate surface area is 124 Å². The van der Waals surface area contributed by atoms with Gasteiger partial charge in [0.25, 0.3) is 0 Å². The molecule has 2 heterocycles. The van der Waals surface area contributed by atoms with Crippen LogP contribution in [0.25, 0.3) is 0 Å². The molecule has 0 spiro atoms. The fraction of sp³-hybridized carbons (Fsp3) is 0.273. The predicted octanol–water partition coefficient (Wildman–Crippen LogP) is 6.17. The summed E-state index contributed by atoms with van der Waals surface area (Å²) in [4.78, 5) is -0.482. The van der Waals surface area contributed by atoms with Crippen molar-refractivity contribution in [3.8, 4) is 0 Å². The first-order valence-electron chi connectivity index (χ1n) is 4.98. The maximum atomic E-state index is 13.4. The second-order valence-corrected chi connectivity index (χ2v) is 6.77. The van der Waals surface area contributed by atoms with Gasteiger partial charge in [-0.15, -0.1) is 22.7 Å². The number of halogens is 6. The molecule has 0 radical (unpaired) electrons. The van der Waals surface area contributed by atoms with Gasteiger partial charge in [-0.25, -0.2) is 4.39 Å². The molecule has 0 aliphatic heterocycles. The standard InChI is InChI=1S/C11H6Cl2F4S2/c1-4-8(12)7(19-9(4)11(15,16)17)2-5-6(14)3-18-10(5)13/h3H,2H2,1H3. The molecule has 0 aromatic carbocycles. The topological polar surface area (TPSA) is 0 Å². The van der Waals surface area contributed by atoms with Crippen molar-refractivity contribution in [2.45, 2.75) is 19.5 Å². The van der Waals surface area contributed by atoms with E-state index in [-0.39, 0.29) is 31.8 Å². The second kappa shape index (κ2) is 5.24. The zero-order chi connectivity index (χ0) is 14.4. The van der Waals surface area contributed by atoms with Crippen molar-refractivity contribution in [3.63, 3.8) is 0 Å². The van der Waals surface area contributed by atoms with E-state index >= 15 is 0 Å². The summed E-state index contributed by atoms with van der Waals surface area (Å²) in [7, 11) is 0. The van der Waals surface area contributed by atoms with Gasteiger partial charge in [0, 0.05) is 22.2 Å². The highest BCUT2D eigenvalue weighted by Crippen LogP contribution is 2.44. The van der Waals surface area contributed by atoms with Crippen LogP contribution in [0.4, 0.5) is 17.6 Å². The third-order valence-electron chi connectivity index (χ3n) is 2.53. The summed E-state index contributed by atoms with van der Waals surface area (Å²) in [5.74, 6) is -0.523. The molecule has 2 rings (SSSR count). The van der Waals surface area contributed by atoms with E-state index in [1.807, 2.05) is 0 Å². The summed E-state index contributed by atoms with van der Waals surface area (Å²) in [5.41, 5.74) is 0.157. The molecular formula is C11H6Cl2F4S2.